The number of hydrogen-bond acceptors (Lipinski definition) is 6. The van der Waals surface area contributed by atoms with Crippen LogP contribution in [0.3, 0.4) is 0 Å². The standard InChI is InChI=1S/C28H22N4O5/c1-2-37-28(36)23-16-29-32(20-11-7-4-8-12-20)24(23)30-25(33)19-13-14-21-22(15-19)27(35)31(26(21)34)17-18-9-5-3-6-10-18/h3-16H,2,17H2,1H3,(H,30,33). The number of hydrogen-bond donors (Lipinski definition) is 1. The van der Waals surface area contributed by atoms with Crippen LogP contribution in [0.25, 0.3) is 5.69 Å². The van der Waals surface area contributed by atoms with Gasteiger partial charge in [-0.3, -0.25) is 19.3 Å². The van der Waals surface area contributed by atoms with E-state index < -0.39 is 23.7 Å². The molecule has 2 heterocycles. The van der Waals surface area contributed by atoms with Crippen molar-refractivity contribution in [2.45, 2.75) is 13.5 Å². The number of rotatable bonds is 7. The molecule has 9 nitrogen and oxygen atoms in total. The molecule has 3 amide bonds. The smallest absolute Gasteiger partial charge is 0.343 e. The van der Waals surface area contributed by atoms with Crippen LogP contribution < -0.4 is 5.32 Å². The van der Waals surface area contributed by atoms with Crippen molar-refractivity contribution in [3.05, 3.63) is 113 Å². The van der Waals surface area contributed by atoms with Crippen molar-refractivity contribution in [1.29, 1.82) is 0 Å². The fourth-order valence-electron chi connectivity index (χ4n) is 4.11. The fourth-order valence-corrected chi connectivity index (χ4v) is 4.11. The summed E-state index contributed by atoms with van der Waals surface area (Å²) in [6.45, 7) is 1.97. The van der Waals surface area contributed by atoms with Gasteiger partial charge in [-0.1, -0.05) is 48.5 Å². The average molecular weight is 495 g/mol. The molecule has 184 valence electrons. The fraction of sp³-hybridized carbons (Fsp3) is 0.107. The lowest BCUT2D eigenvalue weighted by atomic mass is 10.1. The summed E-state index contributed by atoms with van der Waals surface area (Å²) in [4.78, 5) is 52.9. The second kappa shape index (κ2) is 9.90. The van der Waals surface area contributed by atoms with Crippen LogP contribution in [0, 0.1) is 0 Å². The lowest BCUT2D eigenvalue weighted by molar-refractivity contribution is 0.0526. The van der Waals surface area contributed by atoms with E-state index in [1.807, 2.05) is 36.4 Å². The van der Waals surface area contributed by atoms with E-state index >= 15 is 0 Å². The highest BCUT2D eigenvalue weighted by Crippen LogP contribution is 2.27. The highest BCUT2D eigenvalue weighted by molar-refractivity contribution is 6.22. The normalized spacial score (nSPS) is 12.4. The molecule has 1 N–H and O–H groups in total. The summed E-state index contributed by atoms with van der Waals surface area (Å²) in [5.74, 6) is -1.97. The molecular formula is C28H22N4O5. The van der Waals surface area contributed by atoms with Crippen molar-refractivity contribution in [1.82, 2.24) is 14.7 Å². The maximum absolute atomic E-state index is 13.3. The predicted octanol–water partition coefficient (Wildman–Crippen LogP) is 4.10. The van der Waals surface area contributed by atoms with E-state index in [1.165, 1.54) is 29.1 Å². The molecule has 0 saturated carbocycles. The Morgan fingerprint density at radius 2 is 1.57 bits per heavy atom. The number of esters is 1. The van der Waals surface area contributed by atoms with Crippen molar-refractivity contribution >= 4 is 29.5 Å². The SMILES string of the molecule is CCOC(=O)c1cnn(-c2ccccc2)c1NC(=O)c1ccc2c(c1)C(=O)N(Cc1ccccc1)C2=O. The third-order valence-electron chi connectivity index (χ3n) is 5.91. The van der Waals surface area contributed by atoms with E-state index in [4.69, 9.17) is 4.74 Å². The Morgan fingerprint density at radius 1 is 0.892 bits per heavy atom. The molecule has 37 heavy (non-hydrogen) atoms. The van der Waals surface area contributed by atoms with Crippen LogP contribution in [0.15, 0.2) is 85.1 Å². The van der Waals surface area contributed by atoms with E-state index in [0.717, 1.165) is 10.5 Å². The highest BCUT2D eigenvalue weighted by Gasteiger charge is 2.36. The van der Waals surface area contributed by atoms with Crippen LogP contribution in [-0.2, 0) is 11.3 Å². The number of aromatic nitrogens is 2. The van der Waals surface area contributed by atoms with Gasteiger partial charge in [0.2, 0.25) is 0 Å². The molecule has 0 aliphatic carbocycles. The van der Waals surface area contributed by atoms with Gasteiger partial charge in [0.1, 0.15) is 5.56 Å². The summed E-state index contributed by atoms with van der Waals surface area (Å²) in [6.07, 6.45) is 1.33. The van der Waals surface area contributed by atoms with Gasteiger partial charge in [0, 0.05) is 5.56 Å². The van der Waals surface area contributed by atoms with Crippen molar-refractivity contribution in [3.8, 4) is 5.69 Å². The first-order valence-corrected chi connectivity index (χ1v) is 11.6. The Kier molecular flexibility index (Phi) is 6.34. The zero-order chi connectivity index (χ0) is 25.9. The molecule has 5 rings (SSSR count). The van der Waals surface area contributed by atoms with Gasteiger partial charge in [-0.15, -0.1) is 0 Å². The lowest BCUT2D eigenvalue weighted by Gasteiger charge is -2.13. The quantitative estimate of drug-likeness (QED) is 0.306. The van der Waals surface area contributed by atoms with E-state index in [0.29, 0.717) is 5.69 Å². The molecule has 9 heteroatoms. The monoisotopic (exact) mass is 494 g/mol. The minimum Gasteiger partial charge on any atom is -0.462 e. The van der Waals surface area contributed by atoms with Gasteiger partial charge in [0.05, 0.1) is 36.2 Å². The van der Waals surface area contributed by atoms with Gasteiger partial charge in [0.15, 0.2) is 5.82 Å². The van der Waals surface area contributed by atoms with Crippen molar-refractivity contribution in [3.63, 3.8) is 0 Å². The molecule has 0 bridgehead atoms. The summed E-state index contributed by atoms with van der Waals surface area (Å²) in [5.41, 5.74) is 2.06. The summed E-state index contributed by atoms with van der Waals surface area (Å²) < 4.78 is 6.55. The molecule has 1 aromatic heterocycles. The lowest BCUT2D eigenvalue weighted by Crippen LogP contribution is -2.29. The van der Waals surface area contributed by atoms with Gasteiger partial charge in [0.25, 0.3) is 17.7 Å². The topological polar surface area (TPSA) is 111 Å². The molecule has 4 aromatic rings. The Balaban J connectivity index is 1.44. The number of nitrogens with one attached hydrogen (secondary N) is 1. The number of anilines is 1. The Labute approximate surface area is 212 Å². The Hall–Kier alpha value is -5.05. The number of ether oxygens (including phenoxy) is 1. The van der Waals surface area contributed by atoms with Crippen molar-refractivity contribution in [2.75, 3.05) is 11.9 Å². The number of amides is 3. The van der Waals surface area contributed by atoms with Gasteiger partial charge in [-0.2, -0.15) is 5.10 Å². The van der Waals surface area contributed by atoms with E-state index in [9.17, 15) is 19.2 Å². The molecule has 0 unspecified atom stereocenters. The van der Waals surface area contributed by atoms with E-state index in [1.54, 1.807) is 31.2 Å². The average Bonchev–Trinajstić information content (AvgIpc) is 3.44. The van der Waals surface area contributed by atoms with E-state index in [2.05, 4.69) is 10.4 Å². The van der Waals surface area contributed by atoms with Gasteiger partial charge in [-0.25, -0.2) is 9.48 Å². The summed E-state index contributed by atoms with van der Waals surface area (Å²) in [5, 5.41) is 6.99. The summed E-state index contributed by atoms with van der Waals surface area (Å²) in [6, 6.07) is 22.5. The van der Waals surface area contributed by atoms with Crippen molar-refractivity contribution < 1.29 is 23.9 Å². The molecule has 0 spiro atoms. The number of carbonyl (C=O) groups is 4. The highest BCUT2D eigenvalue weighted by atomic mass is 16.5. The van der Waals surface area contributed by atoms with Crippen LogP contribution in [0.5, 0.6) is 0 Å². The van der Waals surface area contributed by atoms with Gasteiger partial charge >= 0.3 is 5.97 Å². The minimum atomic E-state index is -0.633. The number of nitrogens with zero attached hydrogens (tertiary/aromatic N) is 3. The van der Waals surface area contributed by atoms with Crippen molar-refractivity contribution in [2.24, 2.45) is 0 Å². The summed E-state index contributed by atoms with van der Waals surface area (Å²) in [7, 11) is 0. The molecular weight excluding hydrogens is 472 g/mol. The zero-order valence-electron chi connectivity index (χ0n) is 19.9. The number of carbonyl (C=O) groups excluding carboxylic acids is 4. The van der Waals surface area contributed by atoms with Crippen LogP contribution in [-0.4, -0.2) is 45.0 Å². The maximum Gasteiger partial charge on any atom is 0.343 e. The second-order valence-electron chi connectivity index (χ2n) is 8.27. The third-order valence-corrected chi connectivity index (χ3v) is 5.91. The first-order valence-electron chi connectivity index (χ1n) is 11.6. The molecule has 1 aliphatic heterocycles. The second-order valence-corrected chi connectivity index (χ2v) is 8.27. The molecule has 0 atom stereocenters. The number of para-hydroxylation sites is 1. The predicted molar refractivity (Wildman–Crippen MR) is 135 cm³/mol. The number of benzene rings is 3. The molecule has 0 radical (unpaired) electrons. The summed E-state index contributed by atoms with van der Waals surface area (Å²) >= 11 is 0. The van der Waals surface area contributed by atoms with Crippen LogP contribution in [0.4, 0.5) is 5.82 Å². The first-order chi connectivity index (χ1) is 18.0. The number of fused-ring (bicyclic) bond motifs is 1. The zero-order valence-corrected chi connectivity index (χ0v) is 19.9. The van der Waals surface area contributed by atoms with Crippen LogP contribution in [0.2, 0.25) is 0 Å². The van der Waals surface area contributed by atoms with Gasteiger partial charge < -0.3 is 10.1 Å². The Morgan fingerprint density at radius 3 is 2.27 bits per heavy atom. The van der Waals surface area contributed by atoms with E-state index in [-0.39, 0.29) is 41.2 Å². The first kappa shape index (κ1) is 23.7. The molecule has 1 aliphatic rings. The molecule has 3 aromatic carbocycles. The minimum absolute atomic E-state index is 0.0838. The number of imide groups is 1. The van der Waals surface area contributed by atoms with Gasteiger partial charge in [-0.05, 0) is 42.8 Å². The largest absolute Gasteiger partial charge is 0.462 e. The van der Waals surface area contributed by atoms with Crippen LogP contribution >= 0.6 is 0 Å². The van der Waals surface area contributed by atoms with Crippen LogP contribution in [0.1, 0.15) is 53.9 Å². The Bertz CT molecular complexity index is 1510. The molecule has 0 saturated heterocycles. The molecule has 0 fully saturated rings. The third kappa shape index (κ3) is 4.50. The maximum atomic E-state index is 13.3.